The third-order valence-electron chi connectivity index (χ3n) is 3.17. The number of anilines is 1. The molecule has 0 saturated heterocycles. The van der Waals surface area contributed by atoms with Gasteiger partial charge in [0.15, 0.2) is 5.82 Å². The highest BCUT2D eigenvalue weighted by atomic mass is 16.5. The van der Waals surface area contributed by atoms with Crippen LogP contribution in [0.1, 0.15) is 31.8 Å². The molecular weight excluding hydrogens is 254 g/mol. The molecule has 0 aromatic carbocycles. The zero-order chi connectivity index (χ0) is 14.5. The van der Waals surface area contributed by atoms with Gasteiger partial charge < -0.3 is 10.1 Å². The van der Waals surface area contributed by atoms with E-state index < -0.39 is 0 Å². The molecule has 0 aliphatic rings. The minimum atomic E-state index is 0.763. The van der Waals surface area contributed by atoms with Crippen molar-refractivity contribution in [3.63, 3.8) is 0 Å². The molecule has 6 nitrogen and oxygen atoms in total. The van der Waals surface area contributed by atoms with Gasteiger partial charge in [0.25, 0.3) is 0 Å². The quantitative estimate of drug-likeness (QED) is 0.785. The summed E-state index contributed by atoms with van der Waals surface area (Å²) in [5.74, 6) is 1.72. The van der Waals surface area contributed by atoms with E-state index in [1.165, 1.54) is 0 Å². The van der Waals surface area contributed by atoms with Gasteiger partial charge in [-0.3, -0.25) is 4.68 Å². The van der Waals surface area contributed by atoms with Crippen molar-refractivity contribution >= 4 is 16.9 Å². The first kappa shape index (κ1) is 14.7. The lowest BCUT2D eigenvalue weighted by Crippen LogP contribution is -2.10. The maximum atomic E-state index is 5.34. The maximum absolute atomic E-state index is 5.34. The zero-order valence-corrected chi connectivity index (χ0v) is 12.7. The molecule has 0 spiro atoms. The SMILES string of the molecule is CCOCCCNc1nc(CC)nc2c(C)nn(C)c12. The monoisotopic (exact) mass is 277 g/mol. The van der Waals surface area contributed by atoms with Crippen LogP contribution in [0, 0.1) is 6.92 Å². The van der Waals surface area contributed by atoms with E-state index in [-0.39, 0.29) is 0 Å². The molecular formula is C14H23N5O. The molecule has 0 radical (unpaired) electrons. The molecule has 0 amide bonds. The highest BCUT2D eigenvalue weighted by Crippen LogP contribution is 2.22. The van der Waals surface area contributed by atoms with E-state index in [0.717, 1.165) is 61.0 Å². The first-order valence-electron chi connectivity index (χ1n) is 7.19. The van der Waals surface area contributed by atoms with Gasteiger partial charge in [0.2, 0.25) is 0 Å². The van der Waals surface area contributed by atoms with E-state index in [0.29, 0.717) is 0 Å². The van der Waals surface area contributed by atoms with E-state index in [9.17, 15) is 0 Å². The first-order valence-corrected chi connectivity index (χ1v) is 7.19. The summed E-state index contributed by atoms with van der Waals surface area (Å²) in [7, 11) is 1.93. The Hall–Kier alpha value is -1.69. The Balaban J connectivity index is 2.22. The van der Waals surface area contributed by atoms with Crippen molar-refractivity contribution in [2.24, 2.45) is 7.05 Å². The molecule has 0 aliphatic heterocycles. The van der Waals surface area contributed by atoms with Gasteiger partial charge in [-0.15, -0.1) is 0 Å². The van der Waals surface area contributed by atoms with Gasteiger partial charge in [-0.25, -0.2) is 9.97 Å². The molecule has 0 aliphatic carbocycles. The molecule has 20 heavy (non-hydrogen) atoms. The summed E-state index contributed by atoms with van der Waals surface area (Å²) < 4.78 is 7.18. The number of rotatable bonds is 7. The van der Waals surface area contributed by atoms with Crippen LogP contribution in [0.25, 0.3) is 11.0 Å². The zero-order valence-electron chi connectivity index (χ0n) is 12.7. The van der Waals surface area contributed by atoms with Gasteiger partial charge in [-0.05, 0) is 20.3 Å². The van der Waals surface area contributed by atoms with Crippen LogP contribution in [-0.4, -0.2) is 39.5 Å². The van der Waals surface area contributed by atoms with Crippen LogP contribution in [0.2, 0.25) is 0 Å². The summed E-state index contributed by atoms with van der Waals surface area (Å²) in [6.07, 6.45) is 1.77. The van der Waals surface area contributed by atoms with Crippen LogP contribution >= 0.6 is 0 Å². The van der Waals surface area contributed by atoms with Crippen LogP contribution in [-0.2, 0) is 18.2 Å². The smallest absolute Gasteiger partial charge is 0.156 e. The molecule has 2 heterocycles. The minimum absolute atomic E-state index is 0.763. The van der Waals surface area contributed by atoms with Crippen LogP contribution in [0.4, 0.5) is 5.82 Å². The lowest BCUT2D eigenvalue weighted by atomic mass is 10.3. The molecule has 2 rings (SSSR count). The Morgan fingerprint density at radius 3 is 2.75 bits per heavy atom. The van der Waals surface area contributed by atoms with Gasteiger partial charge in [-0.2, -0.15) is 5.10 Å². The summed E-state index contributed by atoms with van der Waals surface area (Å²) >= 11 is 0. The number of hydrogen-bond acceptors (Lipinski definition) is 5. The molecule has 0 saturated carbocycles. The van der Waals surface area contributed by atoms with Gasteiger partial charge in [0.05, 0.1) is 5.69 Å². The van der Waals surface area contributed by atoms with Crippen molar-refractivity contribution in [3.05, 3.63) is 11.5 Å². The Kier molecular flexibility index (Phi) is 4.89. The van der Waals surface area contributed by atoms with Crippen molar-refractivity contribution in [2.75, 3.05) is 25.1 Å². The standard InChI is InChI=1S/C14H23N5O/c1-5-11-16-12-10(3)18-19(4)13(12)14(17-11)15-8-7-9-20-6-2/h5-9H2,1-4H3,(H,15,16,17). The third kappa shape index (κ3) is 3.07. The van der Waals surface area contributed by atoms with Crippen LogP contribution in [0.15, 0.2) is 0 Å². The highest BCUT2D eigenvalue weighted by molar-refractivity contribution is 5.87. The van der Waals surface area contributed by atoms with E-state index >= 15 is 0 Å². The summed E-state index contributed by atoms with van der Waals surface area (Å²) in [6, 6.07) is 0. The summed E-state index contributed by atoms with van der Waals surface area (Å²) in [5.41, 5.74) is 2.85. The van der Waals surface area contributed by atoms with E-state index in [4.69, 9.17) is 4.74 Å². The Morgan fingerprint density at radius 1 is 1.25 bits per heavy atom. The van der Waals surface area contributed by atoms with E-state index in [1.54, 1.807) is 0 Å². The first-order chi connectivity index (χ1) is 9.67. The van der Waals surface area contributed by atoms with Crippen LogP contribution < -0.4 is 5.32 Å². The number of aryl methyl sites for hydroxylation is 3. The molecule has 110 valence electrons. The average molecular weight is 277 g/mol. The number of ether oxygens (including phenoxy) is 1. The van der Waals surface area contributed by atoms with E-state index in [2.05, 4.69) is 27.3 Å². The average Bonchev–Trinajstić information content (AvgIpc) is 2.73. The predicted octanol–water partition coefficient (Wildman–Crippen LogP) is 2.07. The Morgan fingerprint density at radius 2 is 2.05 bits per heavy atom. The summed E-state index contributed by atoms with van der Waals surface area (Å²) in [5, 5.41) is 7.82. The number of hydrogen-bond donors (Lipinski definition) is 1. The maximum Gasteiger partial charge on any atom is 0.156 e. The normalized spacial score (nSPS) is 11.2. The molecule has 6 heteroatoms. The fourth-order valence-corrected chi connectivity index (χ4v) is 2.19. The topological polar surface area (TPSA) is 64.9 Å². The van der Waals surface area contributed by atoms with Crippen molar-refractivity contribution in [3.8, 4) is 0 Å². The van der Waals surface area contributed by atoms with Crippen molar-refractivity contribution < 1.29 is 4.74 Å². The molecule has 0 atom stereocenters. The second-order valence-electron chi connectivity index (χ2n) is 4.73. The predicted molar refractivity (Wildman–Crippen MR) is 80.0 cm³/mol. The Labute approximate surface area is 119 Å². The van der Waals surface area contributed by atoms with Gasteiger partial charge in [0, 0.05) is 33.2 Å². The minimum Gasteiger partial charge on any atom is -0.382 e. The fourth-order valence-electron chi connectivity index (χ4n) is 2.19. The Bertz CT molecular complexity index is 578. The second-order valence-corrected chi connectivity index (χ2v) is 4.73. The largest absolute Gasteiger partial charge is 0.382 e. The highest BCUT2D eigenvalue weighted by Gasteiger charge is 2.13. The summed E-state index contributed by atoms with van der Waals surface area (Å²) in [6.45, 7) is 8.41. The molecule has 2 aromatic rings. The van der Waals surface area contributed by atoms with Crippen LogP contribution in [0.5, 0.6) is 0 Å². The fraction of sp³-hybridized carbons (Fsp3) is 0.643. The third-order valence-corrected chi connectivity index (χ3v) is 3.17. The van der Waals surface area contributed by atoms with Gasteiger partial charge in [-0.1, -0.05) is 6.92 Å². The summed E-state index contributed by atoms with van der Waals surface area (Å²) in [4.78, 5) is 9.16. The molecule has 0 fully saturated rings. The molecule has 1 N–H and O–H groups in total. The molecule has 2 aromatic heterocycles. The van der Waals surface area contributed by atoms with Gasteiger partial charge >= 0.3 is 0 Å². The van der Waals surface area contributed by atoms with E-state index in [1.807, 2.05) is 25.6 Å². The van der Waals surface area contributed by atoms with Crippen molar-refractivity contribution in [1.82, 2.24) is 19.7 Å². The second kappa shape index (κ2) is 6.65. The lowest BCUT2D eigenvalue weighted by Gasteiger charge is -2.09. The van der Waals surface area contributed by atoms with Crippen molar-refractivity contribution in [1.29, 1.82) is 0 Å². The number of fused-ring (bicyclic) bond motifs is 1. The number of nitrogens with one attached hydrogen (secondary N) is 1. The van der Waals surface area contributed by atoms with Crippen LogP contribution in [0.3, 0.4) is 0 Å². The lowest BCUT2D eigenvalue weighted by molar-refractivity contribution is 0.147. The van der Waals surface area contributed by atoms with Crippen molar-refractivity contribution in [2.45, 2.75) is 33.6 Å². The number of aromatic nitrogens is 4. The molecule has 0 bridgehead atoms. The molecule has 0 unspecified atom stereocenters. The number of nitrogens with zero attached hydrogens (tertiary/aromatic N) is 4. The van der Waals surface area contributed by atoms with Gasteiger partial charge in [0.1, 0.15) is 16.9 Å².